The van der Waals surface area contributed by atoms with Crippen molar-refractivity contribution in [2.45, 2.75) is 57.7 Å². The van der Waals surface area contributed by atoms with Gasteiger partial charge in [0.05, 0.1) is 11.9 Å². The molecule has 1 saturated carbocycles. The van der Waals surface area contributed by atoms with Gasteiger partial charge in [-0.05, 0) is 55.7 Å². The molecule has 1 atom stereocenters. The van der Waals surface area contributed by atoms with E-state index >= 15 is 0 Å². The van der Waals surface area contributed by atoms with Crippen LogP contribution in [0.3, 0.4) is 0 Å². The molecule has 1 aliphatic rings. The Balaban J connectivity index is 1.86. The van der Waals surface area contributed by atoms with Gasteiger partial charge in [0.25, 0.3) is 0 Å². The van der Waals surface area contributed by atoms with Gasteiger partial charge in [-0.15, -0.1) is 0 Å². The van der Waals surface area contributed by atoms with Crippen LogP contribution < -0.4 is 9.62 Å². The molecule has 1 aliphatic carbocycles. The van der Waals surface area contributed by atoms with E-state index < -0.39 is 28.5 Å². The number of hydrogen-bond donors (Lipinski definition) is 1. The van der Waals surface area contributed by atoms with E-state index in [2.05, 4.69) is 21.2 Å². The summed E-state index contributed by atoms with van der Waals surface area (Å²) in [5.41, 5.74) is 1.15. The molecule has 35 heavy (non-hydrogen) atoms. The van der Waals surface area contributed by atoms with Gasteiger partial charge < -0.3 is 10.2 Å². The van der Waals surface area contributed by atoms with Crippen LogP contribution in [0.15, 0.2) is 53.0 Å². The Kier molecular flexibility index (Phi) is 9.61. The van der Waals surface area contributed by atoms with Crippen LogP contribution in [0.2, 0.25) is 5.02 Å². The molecule has 1 N–H and O–H groups in total. The third-order valence-electron chi connectivity index (χ3n) is 6.16. The smallest absolute Gasteiger partial charge is 0.244 e. The molecule has 0 aromatic heterocycles. The van der Waals surface area contributed by atoms with E-state index in [1.54, 1.807) is 55.5 Å². The number of rotatable bonds is 9. The molecule has 0 saturated heterocycles. The summed E-state index contributed by atoms with van der Waals surface area (Å²) in [6.45, 7) is 1.39. The number of carbonyl (C=O) groups is 2. The fraction of sp³-hybridized carbons (Fsp3) is 0.440. The van der Waals surface area contributed by atoms with Gasteiger partial charge in [-0.3, -0.25) is 13.9 Å². The van der Waals surface area contributed by atoms with E-state index in [0.29, 0.717) is 15.2 Å². The van der Waals surface area contributed by atoms with Crippen molar-refractivity contribution >= 4 is 55.1 Å². The lowest BCUT2D eigenvalue weighted by molar-refractivity contribution is -0.139. The largest absolute Gasteiger partial charge is 0.352 e. The number of nitrogens with zero attached hydrogens (tertiary/aromatic N) is 2. The highest BCUT2D eigenvalue weighted by Crippen LogP contribution is 2.23. The molecule has 2 aromatic rings. The Bertz CT molecular complexity index is 1140. The Morgan fingerprint density at radius 2 is 1.77 bits per heavy atom. The van der Waals surface area contributed by atoms with Crippen molar-refractivity contribution in [2.75, 3.05) is 17.1 Å². The van der Waals surface area contributed by atoms with E-state index in [-0.39, 0.29) is 18.5 Å². The van der Waals surface area contributed by atoms with Crippen molar-refractivity contribution in [3.8, 4) is 0 Å². The molecule has 2 amide bonds. The third-order valence-corrected chi connectivity index (χ3v) is 8.05. The molecule has 0 unspecified atom stereocenters. The van der Waals surface area contributed by atoms with Crippen LogP contribution in [0.25, 0.3) is 0 Å². The molecule has 3 rings (SSSR count). The summed E-state index contributed by atoms with van der Waals surface area (Å²) in [4.78, 5) is 28.1. The van der Waals surface area contributed by atoms with Crippen molar-refractivity contribution in [3.05, 3.63) is 63.6 Å². The van der Waals surface area contributed by atoms with Crippen molar-refractivity contribution in [3.63, 3.8) is 0 Å². The summed E-state index contributed by atoms with van der Waals surface area (Å²) in [6, 6.07) is 13.1. The molecule has 1 fully saturated rings. The van der Waals surface area contributed by atoms with Gasteiger partial charge >= 0.3 is 0 Å². The van der Waals surface area contributed by atoms with E-state index in [1.807, 2.05) is 0 Å². The normalized spacial score (nSPS) is 15.3. The van der Waals surface area contributed by atoms with E-state index in [0.717, 1.165) is 41.8 Å². The fourth-order valence-corrected chi connectivity index (χ4v) is 5.54. The summed E-state index contributed by atoms with van der Waals surface area (Å²) >= 11 is 9.36. The molecule has 2 aromatic carbocycles. The highest BCUT2D eigenvalue weighted by Gasteiger charge is 2.31. The van der Waals surface area contributed by atoms with Crippen LogP contribution in [0.5, 0.6) is 0 Å². The number of amides is 2. The van der Waals surface area contributed by atoms with Crippen molar-refractivity contribution in [1.29, 1.82) is 0 Å². The van der Waals surface area contributed by atoms with Gasteiger partial charge in [-0.2, -0.15) is 0 Å². The number of sulfonamides is 1. The molecule has 10 heteroatoms. The first kappa shape index (κ1) is 27.5. The second-order valence-corrected chi connectivity index (χ2v) is 12.2. The Morgan fingerprint density at radius 1 is 1.11 bits per heavy atom. The molecule has 0 aliphatic heterocycles. The predicted molar refractivity (Wildman–Crippen MR) is 143 cm³/mol. The van der Waals surface area contributed by atoms with E-state index in [9.17, 15) is 18.0 Å². The zero-order chi connectivity index (χ0) is 25.6. The van der Waals surface area contributed by atoms with Gasteiger partial charge in [0.2, 0.25) is 21.8 Å². The van der Waals surface area contributed by atoms with Crippen LogP contribution >= 0.6 is 27.5 Å². The van der Waals surface area contributed by atoms with Crippen molar-refractivity contribution in [1.82, 2.24) is 10.2 Å². The lowest BCUT2D eigenvalue weighted by Crippen LogP contribution is -2.52. The zero-order valence-electron chi connectivity index (χ0n) is 19.9. The van der Waals surface area contributed by atoms with Crippen LogP contribution in [-0.2, 0) is 26.2 Å². The van der Waals surface area contributed by atoms with Gasteiger partial charge in [0.15, 0.2) is 0 Å². The molecule has 0 radical (unpaired) electrons. The minimum absolute atomic E-state index is 0.0976. The maximum Gasteiger partial charge on any atom is 0.244 e. The highest BCUT2D eigenvalue weighted by atomic mass is 79.9. The SMILES string of the molecule is C[C@H](C(=O)NC1CCCCC1)N(Cc1ccc(Cl)cc1)C(=O)CN(c1cccc(Br)c1)S(C)(=O)=O. The Labute approximate surface area is 221 Å². The summed E-state index contributed by atoms with van der Waals surface area (Å²) in [5.74, 6) is -0.718. The number of carbonyl (C=O) groups excluding carboxylic acids is 2. The van der Waals surface area contributed by atoms with Crippen LogP contribution in [-0.4, -0.2) is 50.0 Å². The maximum atomic E-state index is 13.6. The number of hydrogen-bond acceptors (Lipinski definition) is 4. The van der Waals surface area contributed by atoms with Gasteiger partial charge in [0.1, 0.15) is 12.6 Å². The first-order valence-electron chi connectivity index (χ1n) is 11.6. The van der Waals surface area contributed by atoms with E-state index in [4.69, 9.17) is 11.6 Å². The van der Waals surface area contributed by atoms with Gasteiger partial charge in [-0.1, -0.05) is 65.0 Å². The number of nitrogens with one attached hydrogen (secondary N) is 1. The molecular formula is C25H31BrClN3O4S. The molecule has 190 valence electrons. The standard InChI is InChI=1S/C25H31BrClN3O4S/c1-18(25(32)28-22-8-4-3-5-9-22)29(16-19-11-13-21(27)14-12-19)24(31)17-30(35(2,33)34)23-10-6-7-20(26)15-23/h6-7,10-15,18,22H,3-5,8-9,16-17H2,1-2H3,(H,28,32)/t18-/m1/s1. The lowest BCUT2D eigenvalue weighted by Gasteiger charge is -2.33. The quantitative estimate of drug-likeness (QED) is 0.462. The monoisotopic (exact) mass is 583 g/mol. The summed E-state index contributed by atoms with van der Waals surface area (Å²) in [6.07, 6.45) is 6.22. The number of anilines is 1. The first-order valence-corrected chi connectivity index (χ1v) is 14.6. The highest BCUT2D eigenvalue weighted by molar-refractivity contribution is 9.10. The first-order chi connectivity index (χ1) is 16.5. The Hall–Kier alpha value is -2.10. The van der Waals surface area contributed by atoms with Gasteiger partial charge in [0, 0.05) is 22.1 Å². The minimum Gasteiger partial charge on any atom is -0.352 e. The zero-order valence-corrected chi connectivity index (χ0v) is 23.1. The molecule has 7 nitrogen and oxygen atoms in total. The van der Waals surface area contributed by atoms with Gasteiger partial charge in [-0.25, -0.2) is 8.42 Å². The Morgan fingerprint density at radius 3 is 2.37 bits per heavy atom. The van der Waals surface area contributed by atoms with Crippen LogP contribution in [0.4, 0.5) is 5.69 Å². The topological polar surface area (TPSA) is 86.8 Å². The lowest BCUT2D eigenvalue weighted by atomic mass is 9.95. The molecule has 0 spiro atoms. The van der Waals surface area contributed by atoms with Crippen molar-refractivity contribution < 1.29 is 18.0 Å². The number of halogens is 2. The van der Waals surface area contributed by atoms with Crippen LogP contribution in [0, 0.1) is 0 Å². The average Bonchev–Trinajstić information content (AvgIpc) is 2.81. The average molecular weight is 585 g/mol. The second kappa shape index (κ2) is 12.2. The molecule has 0 bridgehead atoms. The molecule has 0 heterocycles. The summed E-state index contributed by atoms with van der Waals surface area (Å²) in [7, 11) is -3.76. The predicted octanol–water partition coefficient (Wildman–Crippen LogP) is 4.73. The van der Waals surface area contributed by atoms with E-state index in [1.165, 1.54) is 11.3 Å². The fourth-order valence-electron chi connectivity index (χ4n) is 4.18. The second-order valence-electron chi connectivity index (χ2n) is 8.92. The third kappa shape index (κ3) is 7.95. The van der Waals surface area contributed by atoms with Crippen LogP contribution in [0.1, 0.15) is 44.6 Å². The minimum atomic E-state index is -3.76. The van der Waals surface area contributed by atoms with Crippen molar-refractivity contribution in [2.24, 2.45) is 0 Å². The maximum absolute atomic E-state index is 13.6. The molecular weight excluding hydrogens is 554 g/mol. The summed E-state index contributed by atoms with van der Waals surface area (Å²) in [5, 5.41) is 3.64. The summed E-state index contributed by atoms with van der Waals surface area (Å²) < 4.78 is 27.0. The number of benzene rings is 2.